The molecule has 1 aromatic rings. The maximum atomic E-state index is 11.8. The van der Waals surface area contributed by atoms with Gasteiger partial charge in [0, 0.05) is 19.1 Å². The van der Waals surface area contributed by atoms with Gasteiger partial charge >= 0.3 is 6.03 Å². The van der Waals surface area contributed by atoms with Gasteiger partial charge in [0.25, 0.3) is 0 Å². The highest BCUT2D eigenvalue weighted by atomic mass is 32.1. The summed E-state index contributed by atoms with van der Waals surface area (Å²) in [6.07, 6.45) is 8.51. The Balaban J connectivity index is 1.45. The van der Waals surface area contributed by atoms with Crippen LogP contribution in [0.4, 0.5) is 9.93 Å². The maximum Gasteiger partial charge on any atom is 0.321 e. The molecule has 7 heteroatoms. The van der Waals surface area contributed by atoms with Gasteiger partial charge in [-0.05, 0) is 25.7 Å². The van der Waals surface area contributed by atoms with E-state index in [1.54, 1.807) is 0 Å². The van der Waals surface area contributed by atoms with Crippen LogP contribution >= 0.6 is 11.3 Å². The average molecular weight is 310 g/mol. The van der Waals surface area contributed by atoms with Crippen molar-refractivity contribution < 1.29 is 9.53 Å². The summed E-state index contributed by atoms with van der Waals surface area (Å²) in [5.41, 5.74) is 0. The molecule has 2 N–H and O–H groups in total. The number of ether oxygens (including phenoxy) is 1. The van der Waals surface area contributed by atoms with E-state index in [0.29, 0.717) is 17.6 Å². The standard InChI is InChI=1S/C14H22N4O2S/c19-13(15-9-11-7-4-8-20-11)16-14-18-17-12(21-14)10-5-2-1-3-6-10/h10-11H,1-9H2,(H2,15,16,18,19). The van der Waals surface area contributed by atoms with Crippen LogP contribution in [0.2, 0.25) is 0 Å². The first-order valence-corrected chi connectivity index (χ1v) is 8.63. The van der Waals surface area contributed by atoms with Gasteiger partial charge < -0.3 is 10.1 Å². The molecule has 1 saturated carbocycles. The highest BCUT2D eigenvalue weighted by Crippen LogP contribution is 2.35. The van der Waals surface area contributed by atoms with Crippen LogP contribution in [0, 0.1) is 0 Å². The van der Waals surface area contributed by atoms with Gasteiger partial charge in [0.1, 0.15) is 5.01 Å². The Bertz CT molecular complexity index is 467. The summed E-state index contributed by atoms with van der Waals surface area (Å²) in [6, 6.07) is -0.225. The van der Waals surface area contributed by atoms with E-state index < -0.39 is 0 Å². The third kappa shape index (κ3) is 4.14. The molecule has 6 nitrogen and oxygen atoms in total. The van der Waals surface area contributed by atoms with E-state index in [1.807, 2.05) is 0 Å². The minimum absolute atomic E-state index is 0.156. The second kappa shape index (κ2) is 7.17. The van der Waals surface area contributed by atoms with E-state index in [-0.39, 0.29) is 12.1 Å². The van der Waals surface area contributed by atoms with Crippen LogP contribution in [0.1, 0.15) is 55.9 Å². The molecule has 21 heavy (non-hydrogen) atoms. The molecule has 1 aliphatic carbocycles. The van der Waals surface area contributed by atoms with Crippen molar-refractivity contribution in [1.29, 1.82) is 0 Å². The molecule has 2 heterocycles. The monoisotopic (exact) mass is 310 g/mol. The zero-order valence-electron chi connectivity index (χ0n) is 12.1. The summed E-state index contributed by atoms with van der Waals surface area (Å²) < 4.78 is 5.47. The van der Waals surface area contributed by atoms with Gasteiger partial charge in [0.15, 0.2) is 0 Å². The molecule has 2 amide bonds. The molecule has 1 unspecified atom stereocenters. The summed E-state index contributed by atoms with van der Waals surface area (Å²) in [7, 11) is 0. The average Bonchev–Trinajstić information content (AvgIpc) is 3.17. The Kier molecular flexibility index (Phi) is 5.03. The second-order valence-electron chi connectivity index (χ2n) is 5.75. The molecule has 0 spiro atoms. The number of urea groups is 1. The fourth-order valence-corrected chi connectivity index (χ4v) is 3.86. The summed E-state index contributed by atoms with van der Waals surface area (Å²) in [5.74, 6) is 0.529. The van der Waals surface area contributed by atoms with Crippen molar-refractivity contribution in [3.8, 4) is 0 Å². The van der Waals surface area contributed by atoms with Gasteiger partial charge in [0.05, 0.1) is 6.10 Å². The van der Waals surface area contributed by atoms with Gasteiger partial charge in [-0.2, -0.15) is 0 Å². The Labute approximate surface area is 128 Å². The van der Waals surface area contributed by atoms with Crippen molar-refractivity contribution in [2.24, 2.45) is 0 Å². The number of hydrogen-bond acceptors (Lipinski definition) is 5. The van der Waals surface area contributed by atoms with Crippen LogP contribution in [-0.2, 0) is 4.74 Å². The van der Waals surface area contributed by atoms with Gasteiger partial charge in [0.2, 0.25) is 5.13 Å². The van der Waals surface area contributed by atoms with Crippen LogP contribution < -0.4 is 10.6 Å². The van der Waals surface area contributed by atoms with Crippen LogP contribution in [0.3, 0.4) is 0 Å². The summed E-state index contributed by atoms with van der Waals surface area (Å²) in [5, 5.41) is 15.5. The van der Waals surface area contributed by atoms with Crippen molar-refractivity contribution in [2.75, 3.05) is 18.5 Å². The molecule has 1 aromatic heterocycles. The van der Waals surface area contributed by atoms with Crippen LogP contribution in [0.25, 0.3) is 0 Å². The summed E-state index contributed by atoms with van der Waals surface area (Å²) in [4.78, 5) is 11.8. The number of rotatable bonds is 4. The third-order valence-corrected chi connectivity index (χ3v) is 5.13. The molecule has 0 aromatic carbocycles. The van der Waals surface area contributed by atoms with Crippen molar-refractivity contribution in [2.45, 2.75) is 57.0 Å². The Morgan fingerprint density at radius 1 is 1.19 bits per heavy atom. The van der Waals surface area contributed by atoms with E-state index in [4.69, 9.17) is 4.74 Å². The lowest BCUT2D eigenvalue weighted by molar-refractivity contribution is 0.112. The minimum Gasteiger partial charge on any atom is -0.376 e. The Hall–Kier alpha value is -1.21. The minimum atomic E-state index is -0.225. The molecule has 3 rings (SSSR count). The summed E-state index contributed by atoms with van der Waals surface area (Å²) >= 11 is 1.50. The van der Waals surface area contributed by atoms with E-state index >= 15 is 0 Å². The normalized spacial score (nSPS) is 23.1. The maximum absolute atomic E-state index is 11.8. The van der Waals surface area contributed by atoms with Gasteiger partial charge in [-0.1, -0.05) is 30.6 Å². The highest BCUT2D eigenvalue weighted by molar-refractivity contribution is 7.15. The molecular weight excluding hydrogens is 288 g/mol. The Morgan fingerprint density at radius 3 is 2.81 bits per heavy atom. The van der Waals surface area contributed by atoms with Gasteiger partial charge in [-0.15, -0.1) is 10.2 Å². The topological polar surface area (TPSA) is 76.1 Å². The number of aromatic nitrogens is 2. The molecule has 0 radical (unpaired) electrons. The number of hydrogen-bond donors (Lipinski definition) is 2. The highest BCUT2D eigenvalue weighted by Gasteiger charge is 2.20. The number of nitrogens with zero attached hydrogens (tertiary/aromatic N) is 2. The molecule has 2 aliphatic rings. The van der Waals surface area contributed by atoms with Crippen molar-refractivity contribution in [3.63, 3.8) is 0 Å². The number of carbonyl (C=O) groups excluding carboxylic acids is 1. The van der Waals surface area contributed by atoms with E-state index in [2.05, 4.69) is 20.8 Å². The fourth-order valence-electron chi connectivity index (χ4n) is 2.95. The van der Waals surface area contributed by atoms with Crippen LogP contribution in [0.5, 0.6) is 0 Å². The zero-order valence-corrected chi connectivity index (χ0v) is 13.0. The molecule has 116 valence electrons. The SMILES string of the molecule is O=C(NCC1CCCO1)Nc1nnc(C2CCCCC2)s1. The fraction of sp³-hybridized carbons (Fsp3) is 0.786. The zero-order chi connectivity index (χ0) is 14.5. The first kappa shape index (κ1) is 14.7. The second-order valence-corrected chi connectivity index (χ2v) is 6.76. The lowest BCUT2D eigenvalue weighted by Crippen LogP contribution is -2.34. The van der Waals surface area contributed by atoms with Gasteiger partial charge in [-0.3, -0.25) is 5.32 Å². The van der Waals surface area contributed by atoms with Crippen LogP contribution in [-0.4, -0.2) is 35.5 Å². The smallest absolute Gasteiger partial charge is 0.321 e. The molecule has 0 bridgehead atoms. The van der Waals surface area contributed by atoms with E-state index in [0.717, 1.165) is 24.5 Å². The first-order valence-electron chi connectivity index (χ1n) is 7.81. The predicted octanol–water partition coefficient (Wildman–Crippen LogP) is 2.89. The lowest BCUT2D eigenvalue weighted by Gasteiger charge is -2.18. The molecule has 1 aliphatic heterocycles. The van der Waals surface area contributed by atoms with Crippen molar-refractivity contribution in [1.82, 2.24) is 15.5 Å². The molecule has 1 saturated heterocycles. The van der Waals surface area contributed by atoms with Crippen LogP contribution in [0.15, 0.2) is 0 Å². The molecular formula is C14H22N4O2S. The lowest BCUT2D eigenvalue weighted by atomic mass is 9.90. The van der Waals surface area contributed by atoms with E-state index in [9.17, 15) is 4.79 Å². The van der Waals surface area contributed by atoms with Crippen molar-refractivity contribution >= 4 is 22.5 Å². The number of anilines is 1. The molecule has 1 atom stereocenters. The largest absolute Gasteiger partial charge is 0.376 e. The number of amides is 2. The first-order chi connectivity index (χ1) is 10.3. The molecule has 2 fully saturated rings. The predicted molar refractivity (Wildman–Crippen MR) is 81.7 cm³/mol. The Morgan fingerprint density at radius 2 is 2.05 bits per heavy atom. The van der Waals surface area contributed by atoms with Crippen molar-refractivity contribution in [3.05, 3.63) is 5.01 Å². The number of carbonyl (C=O) groups is 1. The summed E-state index contributed by atoms with van der Waals surface area (Å²) in [6.45, 7) is 1.36. The number of nitrogens with one attached hydrogen (secondary N) is 2. The third-order valence-electron chi connectivity index (χ3n) is 4.13. The quantitative estimate of drug-likeness (QED) is 0.896. The van der Waals surface area contributed by atoms with E-state index in [1.165, 1.54) is 43.4 Å². The van der Waals surface area contributed by atoms with Gasteiger partial charge in [-0.25, -0.2) is 4.79 Å².